The molecular formula is C23H29N7OS. The Kier molecular flexibility index (Phi) is 7.19. The molecule has 0 aliphatic carbocycles. The quantitative estimate of drug-likeness (QED) is 0.509. The lowest BCUT2D eigenvalue weighted by atomic mass is 9.78. The molecule has 2 aliphatic heterocycles. The van der Waals surface area contributed by atoms with Crippen LogP contribution in [0.5, 0.6) is 0 Å². The number of likely N-dealkylation sites (tertiary alicyclic amines) is 1. The van der Waals surface area contributed by atoms with Gasteiger partial charge in [0.1, 0.15) is 29.6 Å². The Balaban J connectivity index is 0.00000119. The summed E-state index contributed by atoms with van der Waals surface area (Å²) in [7, 11) is 0. The number of nitrogens with one attached hydrogen (secondary N) is 2. The standard InChI is InChI=1S/C21H23N7OS.C2H6/c1-30-16-3-2-6-22-20(16)27-19-7-18(24-14-25-19)26-17-5-4-15(8-23-17)9-28-10-21(11-28)12-29-13-21;1-2/h2-8,14H,9-13H2,1H3,(H2,22,23,24,25,26,27);1-2H3. The first-order valence-electron chi connectivity index (χ1n) is 10.8. The molecule has 32 heavy (non-hydrogen) atoms. The molecular weight excluding hydrogens is 422 g/mol. The fraction of sp³-hybridized carbons (Fsp3) is 0.391. The maximum absolute atomic E-state index is 5.34. The van der Waals surface area contributed by atoms with Gasteiger partial charge in [0, 0.05) is 48.4 Å². The summed E-state index contributed by atoms with van der Waals surface area (Å²) in [4.78, 5) is 21.0. The van der Waals surface area contributed by atoms with Crippen LogP contribution in [0.4, 0.5) is 23.3 Å². The van der Waals surface area contributed by atoms with Crippen LogP contribution in [0.3, 0.4) is 0 Å². The molecule has 0 saturated carbocycles. The normalized spacial score (nSPS) is 16.3. The van der Waals surface area contributed by atoms with E-state index in [4.69, 9.17) is 4.74 Å². The van der Waals surface area contributed by atoms with Gasteiger partial charge in [-0.05, 0) is 30.0 Å². The number of thioether (sulfide) groups is 1. The molecule has 3 aromatic heterocycles. The lowest BCUT2D eigenvalue weighted by Crippen LogP contribution is -2.65. The van der Waals surface area contributed by atoms with E-state index in [0.717, 1.165) is 49.4 Å². The zero-order chi connectivity index (χ0) is 22.4. The fourth-order valence-electron chi connectivity index (χ4n) is 3.83. The Bertz CT molecular complexity index is 1020. The van der Waals surface area contributed by atoms with Crippen molar-refractivity contribution >= 4 is 35.0 Å². The van der Waals surface area contributed by atoms with Crippen LogP contribution >= 0.6 is 11.8 Å². The number of aromatic nitrogens is 4. The van der Waals surface area contributed by atoms with Gasteiger partial charge in [-0.25, -0.2) is 19.9 Å². The molecule has 2 N–H and O–H groups in total. The number of pyridine rings is 2. The van der Waals surface area contributed by atoms with Crippen LogP contribution in [-0.2, 0) is 11.3 Å². The first-order chi connectivity index (χ1) is 15.7. The number of rotatable bonds is 7. The highest BCUT2D eigenvalue weighted by molar-refractivity contribution is 7.98. The maximum atomic E-state index is 5.34. The van der Waals surface area contributed by atoms with Crippen LogP contribution in [0.15, 0.2) is 53.9 Å². The minimum atomic E-state index is 0.444. The molecule has 2 fully saturated rings. The topological polar surface area (TPSA) is 88.1 Å². The molecule has 0 amide bonds. The summed E-state index contributed by atoms with van der Waals surface area (Å²) in [5, 5.41) is 6.49. The van der Waals surface area contributed by atoms with Gasteiger partial charge in [0.05, 0.1) is 13.2 Å². The Morgan fingerprint density at radius 2 is 1.78 bits per heavy atom. The smallest absolute Gasteiger partial charge is 0.145 e. The minimum absolute atomic E-state index is 0.444. The molecule has 2 aliphatic rings. The highest BCUT2D eigenvalue weighted by Gasteiger charge is 2.48. The molecule has 0 unspecified atom stereocenters. The minimum Gasteiger partial charge on any atom is -0.380 e. The fourth-order valence-corrected chi connectivity index (χ4v) is 4.35. The molecule has 0 atom stereocenters. The van der Waals surface area contributed by atoms with Gasteiger partial charge in [-0.15, -0.1) is 11.8 Å². The van der Waals surface area contributed by atoms with Crippen molar-refractivity contribution in [3.05, 3.63) is 54.6 Å². The van der Waals surface area contributed by atoms with E-state index in [2.05, 4.69) is 41.5 Å². The highest BCUT2D eigenvalue weighted by atomic mass is 32.2. The highest BCUT2D eigenvalue weighted by Crippen LogP contribution is 2.38. The van der Waals surface area contributed by atoms with Crippen molar-refractivity contribution < 1.29 is 4.74 Å². The van der Waals surface area contributed by atoms with E-state index in [1.165, 1.54) is 11.9 Å². The molecule has 9 heteroatoms. The molecule has 5 rings (SSSR count). The van der Waals surface area contributed by atoms with E-state index < -0.39 is 0 Å². The van der Waals surface area contributed by atoms with Gasteiger partial charge < -0.3 is 15.4 Å². The lowest BCUT2D eigenvalue weighted by molar-refractivity contribution is -0.191. The van der Waals surface area contributed by atoms with Gasteiger partial charge in [0.2, 0.25) is 0 Å². The summed E-state index contributed by atoms with van der Waals surface area (Å²) in [6, 6.07) is 9.87. The Hall–Kier alpha value is -2.75. The lowest BCUT2D eigenvalue weighted by Gasteiger charge is -2.55. The van der Waals surface area contributed by atoms with Crippen LogP contribution < -0.4 is 10.6 Å². The molecule has 0 radical (unpaired) electrons. The van der Waals surface area contributed by atoms with Crippen LogP contribution in [0.25, 0.3) is 0 Å². The second-order valence-corrected chi connectivity index (χ2v) is 8.63. The van der Waals surface area contributed by atoms with E-state index in [1.54, 1.807) is 18.0 Å². The Labute approximate surface area is 193 Å². The van der Waals surface area contributed by atoms with Gasteiger partial charge in [-0.2, -0.15) is 0 Å². The predicted octanol–water partition coefficient (Wildman–Crippen LogP) is 4.33. The van der Waals surface area contributed by atoms with E-state index >= 15 is 0 Å². The summed E-state index contributed by atoms with van der Waals surface area (Å²) in [5.74, 6) is 2.87. The Morgan fingerprint density at radius 3 is 2.44 bits per heavy atom. The van der Waals surface area contributed by atoms with E-state index in [-0.39, 0.29) is 0 Å². The average molecular weight is 452 g/mol. The van der Waals surface area contributed by atoms with Crippen molar-refractivity contribution in [1.29, 1.82) is 0 Å². The largest absolute Gasteiger partial charge is 0.380 e. The van der Waals surface area contributed by atoms with Crippen molar-refractivity contribution in [3.8, 4) is 0 Å². The summed E-state index contributed by atoms with van der Waals surface area (Å²) in [6.45, 7) is 9.01. The second-order valence-electron chi connectivity index (χ2n) is 7.78. The van der Waals surface area contributed by atoms with Crippen molar-refractivity contribution in [2.24, 2.45) is 5.41 Å². The van der Waals surface area contributed by atoms with Gasteiger partial charge in [-0.1, -0.05) is 19.9 Å². The first-order valence-corrected chi connectivity index (χ1v) is 12.0. The number of anilines is 4. The van der Waals surface area contributed by atoms with Crippen molar-refractivity contribution in [1.82, 2.24) is 24.8 Å². The Morgan fingerprint density at radius 1 is 1.00 bits per heavy atom. The molecule has 1 spiro atoms. The molecule has 2 saturated heterocycles. The van der Waals surface area contributed by atoms with Crippen molar-refractivity contribution in [3.63, 3.8) is 0 Å². The number of ether oxygens (including phenoxy) is 1. The van der Waals surface area contributed by atoms with Gasteiger partial charge in [-0.3, -0.25) is 4.90 Å². The molecule has 168 valence electrons. The third-order valence-corrected chi connectivity index (χ3v) is 6.10. The third kappa shape index (κ3) is 5.17. The summed E-state index contributed by atoms with van der Waals surface area (Å²) < 4.78 is 5.34. The average Bonchev–Trinajstić information content (AvgIpc) is 2.78. The monoisotopic (exact) mass is 451 g/mol. The van der Waals surface area contributed by atoms with Crippen LogP contribution in [0, 0.1) is 5.41 Å². The predicted molar refractivity (Wildman–Crippen MR) is 129 cm³/mol. The summed E-state index contributed by atoms with van der Waals surface area (Å²) in [6.07, 6.45) is 7.22. The van der Waals surface area contributed by atoms with Crippen LogP contribution in [-0.4, -0.2) is 57.4 Å². The number of hydrogen-bond donors (Lipinski definition) is 2. The van der Waals surface area contributed by atoms with Gasteiger partial charge >= 0.3 is 0 Å². The molecule has 0 bridgehead atoms. The second kappa shape index (κ2) is 10.2. The first kappa shape index (κ1) is 22.4. The van der Waals surface area contributed by atoms with Crippen LogP contribution in [0.2, 0.25) is 0 Å². The van der Waals surface area contributed by atoms with Gasteiger partial charge in [0.15, 0.2) is 0 Å². The van der Waals surface area contributed by atoms with E-state index in [0.29, 0.717) is 17.1 Å². The summed E-state index contributed by atoms with van der Waals surface area (Å²) >= 11 is 1.63. The maximum Gasteiger partial charge on any atom is 0.145 e. The number of nitrogens with zero attached hydrogens (tertiary/aromatic N) is 5. The molecule has 3 aromatic rings. The number of hydrogen-bond acceptors (Lipinski definition) is 9. The zero-order valence-electron chi connectivity index (χ0n) is 18.7. The van der Waals surface area contributed by atoms with Crippen LogP contribution in [0.1, 0.15) is 19.4 Å². The van der Waals surface area contributed by atoms with E-state index in [1.807, 2.05) is 50.6 Å². The molecule has 8 nitrogen and oxygen atoms in total. The SMILES string of the molecule is CC.CSc1cccnc1Nc1cc(Nc2ccc(CN3CC4(COC4)C3)cn2)ncn1. The summed E-state index contributed by atoms with van der Waals surface area (Å²) in [5.41, 5.74) is 1.65. The van der Waals surface area contributed by atoms with E-state index in [9.17, 15) is 0 Å². The van der Waals surface area contributed by atoms with Crippen molar-refractivity contribution in [2.45, 2.75) is 25.3 Å². The zero-order valence-corrected chi connectivity index (χ0v) is 19.5. The molecule has 5 heterocycles. The van der Waals surface area contributed by atoms with Gasteiger partial charge in [0.25, 0.3) is 0 Å². The van der Waals surface area contributed by atoms with Crippen molar-refractivity contribution in [2.75, 3.05) is 43.2 Å². The third-order valence-electron chi connectivity index (χ3n) is 5.33. The molecule has 0 aromatic carbocycles.